The van der Waals surface area contributed by atoms with Crippen LogP contribution in [-0.4, -0.2) is 40.6 Å². The van der Waals surface area contributed by atoms with Gasteiger partial charge in [0, 0.05) is 49.0 Å². The standard InChI is InChI=1S/C23H23FN6O/c1-11-3-4-14(9-27-11)31-23-28-18-8-15-16(6-13(24)7-17(15)26-2)20(18)22(29-23)30-10-12-5-19(30)21(12)25/h3-4,6-7,9,12,19,21,26H,5,8,10,25H2,1-2H3. The van der Waals surface area contributed by atoms with Gasteiger partial charge in [0.1, 0.15) is 17.4 Å². The van der Waals surface area contributed by atoms with Crippen LogP contribution in [0, 0.1) is 18.7 Å². The zero-order chi connectivity index (χ0) is 21.3. The SMILES string of the molecule is CNc1cc(F)cc2c1Cc1nc(Oc3ccc(C)nc3)nc(N3CC4CC3C4N)c1-2. The van der Waals surface area contributed by atoms with Crippen LogP contribution in [-0.2, 0) is 6.42 Å². The molecule has 3 N–H and O–H groups in total. The van der Waals surface area contributed by atoms with Crippen LogP contribution in [0.5, 0.6) is 11.8 Å². The number of anilines is 2. The zero-order valence-electron chi connectivity index (χ0n) is 17.4. The number of hydrogen-bond acceptors (Lipinski definition) is 7. The largest absolute Gasteiger partial charge is 0.423 e. The average Bonchev–Trinajstić information content (AvgIpc) is 3.45. The minimum atomic E-state index is -0.282. The van der Waals surface area contributed by atoms with Gasteiger partial charge >= 0.3 is 6.01 Å². The maximum atomic E-state index is 14.4. The Labute approximate surface area is 179 Å². The highest BCUT2D eigenvalue weighted by Gasteiger charge is 2.51. The first kappa shape index (κ1) is 18.5. The third-order valence-electron chi connectivity index (χ3n) is 6.77. The molecule has 4 heterocycles. The van der Waals surface area contributed by atoms with Crippen molar-refractivity contribution >= 4 is 11.5 Å². The summed E-state index contributed by atoms with van der Waals surface area (Å²) >= 11 is 0. The molecule has 3 atom stereocenters. The van der Waals surface area contributed by atoms with Gasteiger partial charge in [-0.3, -0.25) is 4.98 Å². The predicted molar refractivity (Wildman–Crippen MR) is 116 cm³/mol. The van der Waals surface area contributed by atoms with E-state index in [1.54, 1.807) is 19.3 Å². The second kappa shape index (κ2) is 6.62. The number of ether oxygens (including phenoxy) is 1. The molecule has 1 saturated carbocycles. The van der Waals surface area contributed by atoms with Gasteiger partial charge in [-0.1, -0.05) is 0 Å². The Kier molecular flexibility index (Phi) is 3.95. The number of nitrogens with one attached hydrogen (secondary N) is 1. The summed E-state index contributed by atoms with van der Waals surface area (Å²) in [5, 5.41) is 3.11. The fraction of sp³-hybridized carbons (Fsp3) is 0.348. The highest BCUT2D eigenvalue weighted by Crippen LogP contribution is 2.50. The first-order valence-electron chi connectivity index (χ1n) is 10.6. The van der Waals surface area contributed by atoms with Crippen molar-refractivity contribution in [1.29, 1.82) is 0 Å². The van der Waals surface area contributed by atoms with Gasteiger partial charge in [-0.25, -0.2) is 4.39 Å². The number of pyridine rings is 1. The van der Waals surface area contributed by atoms with Crippen LogP contribution in [0.4, 0.5) is 15.9 Å². The van der Waals surface area contributed by atoms with E-state index in [0.717, 1.165) is 52.5 Å². The Bertz CT molecular complexity index is 1200. The van der Waals surface area contributed by atoms with E-state index in [1.165, 1.54) is 6.07 Å². The van der Waals surface area contributed by atoms with Gasteiger partial charge < -0.3 is 20.7 Å². The summed E-state index contributed by atoms with van der Waals surface area (Å²) in [5.74, 6) is 1.56. The number of aromatic nitrogens is 3. The lowest BCUT2D eigenvalue weighted by atomic mass is 9.81. The van der Waals surface area contributed by atoms with Crippen LogP contribution >= 0.6 is 0 Å². The van der Waals surface area contributed by atoms with E-state index in [1.807, 2.05) is 19.1 Å². The van der Waals surface area contributed by atoms with E-state index in [-0.39, 0.29) is 23.9 Å². The van der Waals surface area contributed by atoms with Crippen LogP contribution < -0.4 is 20.7 Å². The maximum Gasteiger partial charge on any atom is 0.324 e. The van der Waals surface area contributed by atoms with Crippen LogP contribution in [0.2, 0.25) is 0 Å². The molecule has 4 aliphatic rings. The zero-order valence-corrected chi connectivity index (χ0v) is 17.4. The lowest BCUT2D eigenvalue weighted by molar-refractivity contribution is 0.311. The Balaban J connectivity index is 1.49. The molecule has 0 spiro atoms. The molecule has 2 bridgehead atoms. The highest BCUT2D eigenvalue weighted by atomic mass is 19.1. The van der Waals surface area contributed by atoms with Crippen LogP contribution in [0.1, 0.15) is 23.4 Å². The molecule has 1 aromatic carbocycles. The lowest BCUT2D eigenvalue weighted by Gasteiger charge is -2.34. The molecule has 0 radical (unpaired) electrons. The summed E-state index contributed by atoms with van der Waals surface area (Å²) < 4.78 is 20.4. The van der Waals surface area contributed by atoms with Gasteiger partial charge in [0.15, 0.2) is 0 Å². The van der Waals surface area contributed by atoms with E-state index in [9.17, 15) is 4.39 Å². The van der Waals surface area contributed by atoms with E-state index < -0.39 is 0 Å². The smallest absolute Gasteiger partial charge is 0.324 e. The van der Waals surface area contributed by atoms with Crippen molar-refractivity contribution in [2.45, 2.75) is 31.8 Å². The molecule has 8 heteroatoms. The Hall–Kier alpha value is -3.26. The molecule has 3 unspecified atom stereocenters. The van der Waals surface area contributed by atoms with E-state index >= 15 is 0 Å². The van der Waals surface area contributed by atoms with Crippen molar-refractivity contribution < 1.29 is 9.13 Å². The molecule has 2 saturated heterocycles. The van der Waals surface area contributed by atoms with Crippen molar-refractivity contribution in [2.75, 3.05) is 23.8 Å². The molecule has 7 nitrogen and oxygen atoms in total. The Morgan fingerprint density at radius 3 is 2.81 bits per heavy atom. The summed E-state index contributed by atoms with van der Waals surface area (Å²) in [6.45, 7) is 2.77. The van der Waals surface area contributed by atoms with Gasteiger partial charge in [0.25, 0.3) is 0 Å². The number of hydrogen-bond donors (Lipinski definition) is 2. The second-order valence-corrected chi connectivity index (χ2v) is 8.59. The molecular weight excluding hydrogens is 395 g/mol. The minimum absolute atomic E-state index is 0.150. The van der Waals surface area contributed by atoms with Gasteiger partial charge in [0.2, 0.25) is 0 Å². The summed E-state index contributed by atoms with van der Waals surface area (Å²) in [4.78, 5) is 16.1. The molecule has 2 aliphatic carbocycles. The first-order chi connectivity index (χ1) is 15.0. The number of benzene rings is 1. The fourth-order valence-electron chi connectivity index (χ4n) is 5.10. The van der Waals surface area contributed by atoms with Gasteiger partial charge in [0.05, 0.1) is 11.9 Å². The Morgan fingerprint density at radius 2 is 2.13 bits per heavy atom. The molecule has 2 aliphatic heterocycles. The molecule has 2 aromatic heterocycles. The molecule has 0 amide bonds. The third kappa shape index (κ3) is 2.78. The number of aryl methyl sites for hydroxylation is 1. The third-order valence-corrected chi connectivity index (χ3v) is 6.77. The monoisotopic (exact) mass is 418 g/mol. The quantitative estimate of drug-likeness (QED) is 0.526. The number of nitrogens with two attached hydrogens (primary N) is 1. The number of rotatable bonds is 4. The summed E-state index contributed by atoms with van der Waals surface area (Å²) in [7, 11) is 1.80. The number of fused-ring (bicyclic) bond motifs is 4. The summed E-state index contributed by atoms with van der Waals surface area (Å²) in [6, 6.07) is 7.52. The van der Waals surface area contributed by atoms with E-state index in [4.69, 9.17) is 20.4 Å². The van der Waals surface area contributed by atoms with E-state index in [0.29, 0.717) is 18.1 Å². The fourth-order valence-corrected chi connectivity index (χ4v) is 5.10. The number of nitrogens with zero attached hydrogens (tertiary/aromatic N) is 4. The Morgan fingerprint density at radius 1 is 1.26 bits per heavy atom. The molecule has 3 aromatic rings. The summed E-state index contributed by atoms with van der Waals surface area (Å²) in [5.41, 5.74) is 11.6. The topological polar surface area (TPSA) is 89.2 Å². The van der Waals surface area contributed by atoms with Crippen LogP contribution in [0.15, 0.2) is 30.5 Å². The van der Waals surface area contributed by atoms with Crippen molar-refractivity contribution in [3.63, 3.8) is 0 Å². The van der Waals surface area contributed by atoms with Crippen molar-refractivity contribution in [2.24, 2.45) is 11.7 Å². The molecule has 31 heavy (non-hydrogen) atoms. The van der Waals surface area contributed by atoms with Crippen LogP contribution in [0.25, 0.3) is 11.1 Å². The first-order valence-corrected chi connectivity index (χ1v) is 10.6. The van der Waals surface area contributed by atoms with Crippen molar-refractivity contribution in [3.05, 3.63) is 53.2 Å². The maximum absolute atomic E-state index is 14.4. The lowest BCUT2D eigenvalue weighted by Crippen LogP contribution is -2.49. The molecular formula is C23H23FN6O. The highest BCUT2D eigenvalue weighted by molar-refractivity contribution is 5.88. The van der Waals surface area contributed by atoms with Gasteiger partial charge in [-0.2, -0.15) is 9.97 Å². The van der Waals surface area contributed by atoms with Gasteiger partial charge in [-0.05, 0) is 54.7 Å². The predicted octanol–water partition coefficient (Wildman–Crippen LogP) is 3.26. The van der Waals surface area contributed by atoms with E-state index in [2.05, 4.69) is 15.2 Å². The van der Waals surface area contributed by atoms with Crippen molar-refractivity contribution in [1.82, 2.24) is 15.0 Å². The normalized spacial score (nSPS) is 22.7. The second-order valence-electron chi connectivity index (χ2n) is 8.59. The van der Waals surface area contributed by atoms with Crippen molar-refractivity contribution in [3.8, 4) is 22.9 Å². The van der Waals surface area contributed by atoms with Crippen LogP contribution in [0.3, 0.4) is 0 Å². The average molecular weight is 418 g/mol. The molecule has 7 rings (SSSR count). The number of halogens is 1. The molecule has 158 valence electrons. The minimum Gasteiger partial charge on any atom is -0.423 e. The molecule has 3 fully saturated rings. The summed E-state index contributed by atoms with van der Waals surface area (Å²) in [6.07, 6.45) is 3.32. The van der Waals surface area contributed by atoms with Gasteiger partial charge in [-0.15, -0.1) is 0 Å².